The Kier molecular flexibility index (Phi) is 36.1. The summed E-state index contributed by atoms with van der Waals surface area (Å²) in [6.45, 7) is -9.37. The number of aromatic nitrogens is 15. The van der Waals surface area contributed by atoms with E-state index in [1.165, 1.54) is 56.2 Å². The van der Waals surface area contributed by atoms with E-state index < -0.39 is 160 Å². The number of hydrogen-bond donors (Lipinski definition) is 10. The van der Waals surface area contributed by atoms with E-state index in [0.717, 1.165) is 55.5 Å². The lowest BCUT2D eigenvalue weighted by Gasteiger charge is -2.10. The molecular weight excluding hydrogens is 1700 g/mol. The van der Waals surface area contributed by atoms with Crippen molar-refractivity contribution >= 4 is 58.6 Å². The monoisotopic (exact) mass is 1760 g/mol. The number of carbonyl (C=O) groups excluding carboxylic acids is 5. The fourth-order valence-electron chi connectivity index (χ4n) is 8.28. The molecule has 5 amide bonds. The molecule has 54 heteroatoms. The third-order valence-corrected chi connectivity index (χ3v) is 13.8. The van der Waals surface area contributed by atoms with Gasteiger partial charge in [-0.05, 0) is 54.6 Å². The average Bonchev–Trinajstić information content (AvgIpc) is 0.836. The average molecular weight is 1760 g/mol. The standard InChI is InChI=1S/2C14H12F5N5O.C14H13F4N5O2.C13H10F5N5O.C13H11F4N5O.2H2/c15-9-6-22-12(8-1-2-10(16)21-5-8)24-13(9)20-4-3-11(25)23-7-14(17,18)19;15-9-6-22-12(8-2-1-4-20-11(8)16)24-13(9)21-5-3-10(25)23-7-14(17,18)19;1-25-11-3-2-8(4-19-11)12-20-5-9(15)13(23-12)21-6-10(24)22-7-14(16,17)18;14-8-4-20-11(7-1-2-9(15)19-3-7)23-12(8)21-5-10(24)22-6-13(16,17)18;14-9-5-19-11(8-2-1-3-18-4-8)22-12(9)20-6-10(23)21-7-13(15,16)17;;/h1-2,5-6H,3-4,7H2,(H,23,25)(H,20,22,24);1-2,4,6H,3,5,7H2,(H,23,25)(H,21,22,24);2-5H,6-7H2,1H3,(H,22,24)(H,20,21,23);1-4H,5-6H2,(H,22,24)(H,20,21,23);1-5H,6-7H2,(H,21,23)(H,19,20,22);2*1H. The molecule has 0 spiro atoms. The number of alkyl halides is 15. The smallest absolute Gasteiger partial charge is 0.405 e. The fourth-order valence-corrected chi connectivity index (χ4v) is 8.28. The number of carbonyl (C=O) groups is 5. The molecule has 0 unspecified atom stereocenters. The van der Waals surface area contributed by atoms with Gasteiger partial charge in [0, 0.05) is 94.3 Å². The van der Waals surface area contributed by atoms with Crippen LogP contribution in [0.15, 0.2) is 129 Å². The van der Waals surface area contributed by atoms with Crippen LogP contribution in [-0.2, 0) is 24.0 Å². The molecule has 0 fully saturated rings. The predicted octanol–water partition coefficient (Wildman–Crippen LogP) is 10.5. The second-order valence-electron chi connectivity index (χ2n) is 23.2. The molecule has 122 heavy (non-hydrogen) atoms. The summed E-state index contributed by atoms with van der Waals surface area (Å²) >= 11 is 0. The number of halogens is 23. The summed E-state index contributed by atoms with van der Waals surface area (Å²) < 4.78 is 292. The minimum atomic E-state index is -4.54. The third-order valence-electron chi connectivity index (χ3n) is 13.8. The first-order valence-electron chi connectivity index (χ1n) is 33.6. The number of hydrogen-bond acceptors (Lipinski definition) is 26. The lowest BCUT2D eigenvalue weighted by molar-refractivity contribution is -0.138. The van der Waals surface area contributed by atoms with Crippen molar-refractivity contribution in [1.29, 1.82) is 0 Å². The lowest BCUT2D eigenvalue weighted by atomic mass is 10.2. The van der Waals surface area contributed by atoms with Crippen molar-refractivity contribution in [3.8, 4) is 62.8 Å². The topological polar surface area (TPSA) is 408 Å². The Hall–Kier alpha value is -14.3. The van der Waals surface area contributed by atoms with Gasteiger partial charge in [-0.2, -0.15) is 79.0 Å². The van der Waals surface area contributed by atoms with Crippen LogP contribution in [0.2, 0.25) is 0 Å². The molecule has 10 aromatic heterocycles. The second-order valence-corrected chi connectivity index (χ2v) is 23.2. The number of nitrogens with one attached hydrogen (secondary N) is 10. The highest BCUT2D eigenvalue weighted by Crippen LogP contribution is 2.26. The van der Waals surface area contributed by atoms with Crippen molar-refractivity contribution < 1.29 is 133 Å². The Morgan fingerprint density at radius 2 is 0.631 bits per heavy atom. The Morgan fingerprint density at radius 1 is 0.328 bits per heavy atom. The molecule has 0 saturated heterocycles. The molecule has 10 N–H and O–H groups in total. The molecule has 10 rings (SSSR count). The van der Waals surface area contributed by atoms with E-state index in [4.69, 9.17) is 4.74 Å². The van der Waals surface area contributed by atoms with Crippen LogP contribution >= 0.6 is 0 Å². The molecule has 0 radical (unpaired) electrons. The minimum Gasteiger partial charge on any atom is -0.481 e. The van der Waals surface area contributed by atoms with Gasteiger partial charge in [0.1, 0.15) is 32.7 Å². The number of anilines is 5. The van der Waals surface area contributed by atoms with Gasteiger partial charge in [-0.1, -0.05) is 0 Å². The molecule has 0 atom stereocenters. The molecule has 0 aliphatic carbocycles. The summed E-state index contributed by atoms with van der Waals surface area (Å²) in [5.74, 6) is -12.1. The van der Waals surface area contributed by atoms with E-state index >= 15 is 0 Å². The number of nitrogens with zero attached hydrogens (tertiary/aromatic N) is 15. The van der Waals surface area contributed by atoms with Gasteiger partial charge in [0.2, 0.25) is 53.3 Å². The van der Waals surface area contributed by atoms with E-state index in [2.05, 4.69) is 101 Å². The van der Waals surface area contributed by atoms with Crippen LogP contribution < -0.4 is 57.9 Å². The summed E-state index contributed by atoms with van der Waals surface area (Å²) in [6, 6.07) is 14.0. The summed E-state index contributed by atoms with van der Waals surface area (Å²) in [5.41, 5.74) is 1.57. The van der Waals surface area contributed by atoms with Crippen molar-refractivity contribution in [2.45, 2.75) is 43.7 Å². The normalized spacial score (nSPS) is 11.2. The highest BCUT2D eigenvalue weighted by atomic mass is 19.4. The Labute approximate surface area is 672 Å². The zero-order valence-corrected chi connectivity index (χ0v) is 61.5. The van der Waals surface area contributed by atoms with Gasteiger partial charge in [0.25, 0.3) is 0 Å². The molecule has 10 heterocycles. The predicted molar refractivity (Wildman–Crippen MR) is 384 cm³/mol. The van der Waals surface area contributed by atoms with Crippen molar-refractivity contribution in [2.24, 2.45) is 0 Å². The molecule has 0 saturated carbocycles. The number of methoxy groups -OCH3 is 1. The first-order chi connectivity index (χ1) is 57.4. The van der Waals surface area contributed by atoms with Crippen molar-refractivity contribution in [2.75, 3.05) is 99.1 Å². The highest BCUT2D eigenvalue weighted by Gasteiger charge is 2.32. The molecule has 0 aromatic carbocycles. The number of ether oxygens (including phenoxy) is 1. The fraction of sp³-hybridized carbons (Fsp3) is 0.265. The third kappa shape index (κ3) is 36.3. The Morgan fingerprint density at radius 3 is 0.926 bits per heavy atom. The molecule has 656 valence electrons. The van der Waals surface area contributed by atoms with Crippen LogP contribution in [0.3, 0.4) is 0 Å². The van der Waals surface area contributed by atoms with Crippen LogP contribution in [0.25, 0.3) is 56.9 Å². The van der Waals surface area contributed by atoms with Crippen LogP contribution in [0, 0.1) is 46.9 Å². The van der Waals surface area contributed by atoms with Crippen LogP contribution in [0.4, 0.5) is 130 Å². The minimum absolute atomic E-state index is 0. The maximum absolute atomic E-state index is 13.7. The van der Waals surface area contributed by atoms with Gasteiger partial charge in [0.15, 0.2) is 87.3 Å². The molecule has 0 aliphatic rings. The Bertz CT molecular complexity index is 5090. The van der Waals surface area contributed by atoms with E-state index in [1.54, 1.807) is 50.8 Å². The van der Waals surface area contributed by atoms with Crippen molar-refractivity contribution in [3.63, 3.8) is 0 Å². The number of pyridine rings is 5. The quantitative estimate of drug-likeness (QED) is 0.0161. The van der Waals surface area contributed by atoms with Gasteiger partial charge >= 0.3 is 30.9 Å². The first kappa shape index (κ1) is 96.5. The molecule has 10 aromatic rings. The summed E-state index contributed by atoms with van der Waals surface area (Å²) in [4.78, 5) is 112. The van der Waals surface area contributed by atoms with Gasteiger partial charge in [-0.3, -0.25) is 29.0 Å². The largest absolute Gasteiger partial charge is 0.481 e. The maximum atomic E-state index is 13.7. The van der Waals surface area contributed by atoms with Crippen molar-refractivity contribution in [3.05, 3.63) is 176 Å². The van der Waals surface area contributed by atoms with Crippen molar-refractivity contribution in [1.82, 2.24) is 101 Å². The van der Waals surface area contributed by atoms with E-state index in [1.807, 2.05) is 0 Å². The molecule has 0 aliphatic heterocycles. The van der Waals surface area contributed by atoms with Gasteiger partial charge in [0.05, 0.1) is 63.3 Å². The van der Waals surface area contributed by atoms with Crippen LogP contribution in [0.1, 0.15) is 15.7 Å². The maximum Gasteiger partial charge on any atom is 0.405 e. The SMILES string of the molecule is COc1ccc(-c2ncc(F)c(NCC(=O)NCC(F)(F)F)n2)cn1.O=C(CCNc1nc(-c2ccc(F)nc2)ncc1F)NCC(F)(F)F.O=C(CCNc1nc(-c2cccnc2F)ncc1F)NCC(F)(F)F.O=C(CNc1nc(-c2ccc(F)nc2)ncc1F)NCC(F)(F)F.O=C(CNc1nc(-c2cccnc2)ncc1F)NCC(F)(F)F.[HH].[HH]. The zero-order chi connectivity index (χ0) is 90.0. The highest BCUT2D eigenvalue weighted by molar-refractivity contribution is 5.82. The summed E-state index contributed by atoms with van der Waals surface area (Å²) in [7, 11) is 1.45. The summed E-state index contributed by atoms with van der Waals surface area (Å²) in [6.07, 6.45) is -11.1. The van der Waals surface area contributed by atoms with E-state index in [0.29, 0.717) is 28.1 Å². The molecular formula is C68H62F23N25O6. The Balaban J connectivity index is 0.000000324. The van der Waals surface area contributed by atoms with Gasteiger partial charge < -0.3 is 57.9 Å². The lowest BCUT2D eigenvalue weighted by Crippen LogP contribution is -2.37. The molecule has 0 bridgehead atoms. The zero-order valence-electron chi connectivity index (χ0n) is 61.5. The molecule has 31 nitrogen and oxygen atoms in total. The first-order valence-corrected chi connectivity index (χ1v) is 33.6. The van der Waals surface area contributed by atoms with E-state index in [-0.39, 0.29) is 92.6 Å². The second kappa shape index (κ2) is 45.6. The van der Waals surface area contributed by atoms with Gasteiger partial charge in [-0.25, -0.2) is 91.7 Å². The van der Waals surface area contributed by atoms with E-state index in [9.17, 15) is 125 Å². The number of amides is 5. The van der Waals surface area contributed by atoms with Crippen LogP contribution in [-0.4, -0.2) is 208 Å². The van der Waals surface area contributed by atoms with Gasteiger partial charge in [-0.15, -0.1) is 0 Å². The number of rotatable bonds is 28. The summed E-state index contributed by atoms with van der Waals surface area (Å²) in [5, 5.41) is 20.2. The van der Waals surface area contributed by atoms with Crippen LogP contribution in [0.5, 0.6) is 5.88 Å².